The van der Waals surface area contributed by atoms with Crippen LogP contribution < -0.4 is 56.7 Å². The number of ether oxygens (including phenoxy) is 3. The number of aliphatic hydroxyl groups excluding tert-OH is 1. The summed E-state index contributed by atoms with van der Waals surface area (Å²) < 4.78 is 18.9. The fourth-order valence-electron chi connectivity index (χ4n) is 12.8. The van der Waals surface area contributed by atoms with Crippen LogP contribution in [-0.4, -0.2) is 128 Å². The Morgan fingerprint density at radius 1 is 0.510 bits per heavy atom. The molecule has 0 saturated carbocycles. The molecule has 6 aliphatic rings. The van der Waals surface area contributed by atoms with Gasteiger partial charge in [0.2, 0.25) is 47.1 Å². The van der Waals surface area contributed by atoms with E-state index < -0.39 is 130 Å². The number of carbonyl (C=O) groups is 7. The summed E-state index contributed by atoms with van der Waals surface area (Å²) in [6.45, 7) is 3.10. The van der Waals surface area contributed by atoms with Crippen molar-refractivity contribution in [3.8, 4) is 80.1 Å². The van der Waals surface area contributed by atoms with Gasteiger partial charge in [-0.2, -0.15) is 0 Å². The van der Waals surface area contributed by atoms with E-state index in [1.807, 2.05) is 19.0 Å². The van der Waals surface area contributed by atoms with E-state index in [4.69, 9.17) is 37.4 Å². The highest BCUT2D eigenvalue weighted by atomic mass is 35.5. The Morgan fingerprint density at radius 3 is 1.77 bits per heavy atom. The maximum atomic E-state index is 16.0. The highest BCUT2D eigenvalue weighted by Gasteiger charge is 2.42. The first-order valence-electron chi connectivity index (χ1n) is 33.6. The van der Waals surface area contributed by atoms with Crippen LogP contribution in [0.25, 0.3) is 11.1 Å². The fourth-order valence-corrected chi connectivity index (χ4v) is 13.3. The average Bonchev–Trinajstić information content (AvgIpc) is 0.767. The minimum atomic E-state index is -2.15. The molecule has 102 heavy (non-hydrogen) atoms. The third-order valence-electron chi connectivity index (χ3n) is 18.1. The SMILES string of the molecule is CCCCCCCCCCCNC1C(=O)N[C@@H]2Cc3ccc(c(Cl)c3)Oc3cc4cc(c3O)Oc3ccc(cc3Cl)[C@@H](O)[C@@H]3NC(=O)[C@H](NC(=O)[C@@H]4NC(=O)C(NC2=O)c2cc(O)cc(c2)Oc2cc1ccc2O)c1ccc(O)c(c1)-c1c(O)cc(O)cc1[C@@H](C(=O)NCCCN(C)C)NC3=O. The number of amides is 7. The number of phenols is 6. The molecule has 15 N–H and O–H groups in total. The molecule has 28 heteroatoms. The second-order valence-corrected chi connectivity index (χ2v) is 26.8. The van der Waals surface area contributed by atoms with Crippen molar-refractivity contribution >= 4 is 64.6 Å². The lowest BCUT2D eigenvalue weighted by Crippen LogP contribution is -2.56. The summed E-state index contributed by atoms with van der Waals surface area (Å²) in [4.78, 5) is 109. The Hall–Kier alpha value is -10.5. The van der Waals surface area contributed by atoms with E-state index in [1.165, 1.54) is 85.6 Å². The van der Waals surface area contributed by atoms with Gasteiger partial charge in [-0.05, 0) is 158 Å². The van der Waals surface area contributed by atoms with Crippen LogP contribution in [0.5, 0.6) is 69.0 Å². The van der Waals surface area contributed by atoms with Crippen molar-refractivity contribution in [2.24, 2.45) is 0 Å². The zero-order chi connectivity index (χ0) is 72.6. The molecule has 0 spiro atoms. The molecule has 7 aromatic carbocycles. The standard InChI is InChI=1S/C74H79Cl2N9O17/c1-4-5-6-7-8-9-10-11-12-22-77-60-39-16-19-52(89)56(31-39)100-45-28-41(27-43(86)34-45)62-72(97)82-63-42-32-57(101-54-20-14-37(25-48(54)75)26-50(68(93)80-62)79-70(60)95)67(92)58(33-42)102-55-21-17-40(30-49(55)76)66(91)65-74(99)83-64(69(94)78-23-13-24-85(2)3)47-35-44(87)36-53(90)59(47)46-29-38(15-18-51(46)88)61(71(96)84-65)81-73(63)98/h14-21,25,27-36,50,60-66,77,86-92H,4-13,22-24,26H2,1-3H3,(H,78,94)(H,79,95)(H,80,93)(H,81,98)(H,82,97)(H,83,99)(H,84,96)/t50-,60?,61-,62?,63-,64+,65+,66-/m1/s1. The monoisotopic (exact) mass is 1440 g/mol. The number of nitrogens with zero attached hydrogens (tertiary/aromatic N) is 1. The normalized spacial score (nSPS) is 20.4. The summed E-state index contributed by atoms with van der Waals surface area (Å²) in [7, 11) is 3.64. The number of hydrogen-bond acceptors (Lipinski definition) is 19. The molecule has 8 atom stereocenters. The number of nitrogens with one attached hydrogen (secondary N) is 8. The Labute approximate surface area is 596 Å². The van der Waals surface area contributed by atoms with Crippen LogP contribution in [-0.2, 0) is 40.0 Å². The molecule has 2 unspecified atom stereocenters. The van der Waals surface area contributed by atoms with Crippen LogP contribution >= 0.6 is 23.2 Å². The van der Waals surface area contributed by atoms with Crippen molar-refractivity contribution in [2.75, 3.05) is 33.7 Å². The first-order chi connectivity index (χ1) is 48.9. The minimum Gasteiger partial charge on any atom is -0.508 e. The molecule has 0 aliphatic carbocycles. The second-order valence-electron chi connectivity index (χ2n) is 25.9. The van der Waals surface area contributed by atoms with Crippen LogP contribution in [0, 0.1) is 0 Å². The summed E-state index contributed by atoms with van der Waals surface area (Å²) in [5.74, 6) is -12.8. The zero-order valence-corrected chi connectivity index (χ0v) is 57.4. The Balaban J connectivity index is 1.06. The highest BCUT2D eigenvalue weighted by Crippen LogP contribution is 2.48. The van der Waals surface area contributed by atoms with Gasteiger partial charge in [-0.1, -0.05) is 106 Å². The van der Waals surface area contributed by atoms with Crippen LogP contribution in [0.15, 0.2) is 115 Å². The van der Waals surface area contributed by atoms with E-state index >= 15 is 28.8 Å². The molecule has 6 heterocycles. The summed E-state index contributed by atoms with van der Waals surface area (Å²) in [5.41, 5.74) is -1.08. The van der Waals surface area contributed by atoms with Gasteiger partial charge in [0, 0.05) is 36.2 Å². The van der Waals surface area contributed by atoms with Crippen LogP contribution in [0.2, 0.25) is 10.0 Å². The van der Waals surface area contributed by atoms with E-state index in [1.54, 1.807) is 0 Å². The predicted molar refractivity (Wildman–Crippen MR) is 375 cm³/mol. The van der Waals surface area contributed by atoms with Crippen molar-refractivity contribution in [3.05, 3.63) is 164 Å². The number of rotatable bonds is 16. The fraction of sp³-hybridized carbons (Fsp3) is 0.338. The second kappa shape index (κ2) is 32.0. The van der Waals surface area contributed by atoms with Gasteiger partial charge in [-0.25, -0.2) is 0 Å². The quantitative estimate of drug-likeness (QED) is 0.0401. The lowest BCUT2D eigenvalue weighted by atomic mass is 9.89. The number of halogens is 2. The maximum absolute atomic E-state index is 16.0. The van der Waals surface area contributed by atoms with Crippen molar-refractivity contribution in [2.45, 2.75) is 126 Å². The topological polar surface area (TPSA) is 388 Å². The molecule has 0 fully saturated rings. The van der Waals surface area contributed by atoms with Gasteiger partial charge in [0.1, 0.15) is 88.6 Å². The molecule has 7 aromatic rings. The minimum absolute atomic E-state index is 0.0568. The van der Waals surface area contributed by atoms with Crippen molar-refractivity contribution < 1.29 is 83.5 Å². The number of fused-ring (bicyclic) bond motifs is 14. The predicted octanol–water partition coefficient (Wildman–Crippen LogP) is 9.13. The molecule has 7 amide bonds. The van der Waals surface area contributed by atoms with Crippen LogP contribution in [0.4, 0.5) is 0 Å². The number of phenolic OH excluding ortho intramolecular Hbond substituents is 6. The maximum Gasteiger partial charge on any atom is 0.248 e. The Kier molecular flexibility index (Phi) is 22.8. The molecule has 536 valence electrons. The molecular weight excluding hydrogens is 1360 g/mol. The van der Waals surface area contributed by atoms with Crippen molar-refractivity contribution in [3.63, 3.8) is 0 Å². The first-order valence-corrected chi connectivity index (χ1v) is 34.4. The molecular formula is C74H79Cl2N9O17. The number of aliphatic hydroxyl groups is 1. The smallest absolute Gasteiger partial charge is 0.248 e. The van der Waals surface area contributed by atoms with E-state index in [2.05, 4.69) is 49.5 Å². The lowest BCUT2D eigenvalue weighted by Gasteiger charge is -2.31. The van der Waals surface area contributed by atoms with Gasteiger partial charge < -0.3 is 97.4 Å². The van der Waals surface area contributed by atoms with E-state index in [9.17, 15) is 40.5 Å². The van der Waals surface area contributed by atoms with Crippen LogP contribution in [0.1, 0.15) is 146 Å². The first kappa shape index (κ1) is 72.7. The van der Waals surface area contributed by atoms with Crippen LogP contribution in [0.3, 0.4) is 0 Å². The summed E-state index contributed by atoms with van der Waals surface area (Å²) in [6, 6.07) is 10.7. The summed E-state index contributed by atoms with van der Waals surface area (Å²) in [6.07, 6.45) is 7.40. The number of carbonyl (C=O) groups excluding carboxylic acids is 7. The van der Waals surface area contributed by atoms with Crippen molar-refractivity contribution in [1.29, 1.82) is 0 Å². The molecule has 0 saturated heterocycles. The largest absolute Gasteiger partial charge is 0.508 e. The van der Waals surface area contributed by atoms with Gasteiger partial charge in [0.25, 0.3) is 0 Å². The van der Waals surface area contributed by atoms with Crippen molar-refractivity contribution in [1.82, 2.24) is 47.4 Å². The average molecular weight is 1440 g/mol. The summed E-state index contributed by atoms with van der Waals surface area (Å²) in [5, 5.41) is 104. The van der Waals surface area contributed by atoms with Gasteiger partial charge in [-0.3, -0.25) is 33.6 Å². The van der Waals surface area contributed by atoms with Gasteiger partial charge >= 0.3 is 0 Å². The molecule has 17 bridgehead atoms. The molecule has 13 rings (SSSR count). The Bertz CT molecular complexity index is 4390. The summed E-state index contributed by atoms with van der Waals surface area (Å²) >= 11 is 14.0. The number of unbranched alkanes of at least 4 members (excludes halogenated alkanes) is 8. The Morgan fingerprint density at radius 2 is 1.10 bits per heavy atom. The third kappa shape index (κ3) is 16.8. The zero-order valence-electron chi connectivity index (χ0n) is 55.9. The lowest BCUT2D eigenvalue weighted by molar-refractivity contribution is -0.137. The highest BCUT2D eigenvalue weighted by molar-refractivity contribution is 6.32. The van der Waals surface area contributed by atoms with Gasteiger partial charge in [-0.15, -0.1) is 0 Å². The van der Waals surface area contributed by atoms with E-state index in [-0.39, 0.29) is 90.7 Å². The number of aromatic hydroxyl groups is 6. The van der Waals surface area contributed by atoms with E-state index in [0.717, 1.165) is 81.0 Å². The van der Waals surface area contributed by atoms with Gasteiger partial charge in [0.15, 0.2) is 23.0 Å². The molecule has 0 radical (unpaired) electrons. The molecule has 26 nitrogen and oxygen atoms in total. The molecule has 6 aliphatic heterocycles. The van der Waals surface area contributed by atoms with Gasteiger partial charge in [0.05, 0.1) is 10.0 Å². The molecule has 0 aromatic heterocycles. The third-order valence-corrected chi connectivity index (χ3v) is 18.7. The number of hydrogen-bond donors (Lipinski definition) is 15. The number of benzene rings is 7. The van der Waals surface area contributed by atoms with E-state index in [0.29, 0.717) is 37.1 Å².